The highest BCUT2D eigenvalue weighted by Gasteiger charge is 2.16. The average Bonchev–Trinajstić information content (AvgIpc) is 2.59. The van der Waals surface area contributed by atoms with Gasteiger partial charge in [-0.1, -0.05) is 77.5 Å². The Morgan fingerprint density at radius 3 is 2.25 bits per heavy atom. The summed E-state index contributed by atoms with van der Waals surface area (Å²) >= 11 is 0. The predicted molar refractivity (Wildman–Crippen MR) is 110 cm³/mol. The van der Waals surface area contributed by atoms with Crippen LogP contribution in [0, 0.1) is 5.92 Å². The van der Waals surface area contributed by atoms with E-state index in [2.05, 4.69) is 52.8 Å². The summed E-state index contributed by atoms with van der Waals surface area (Å²) in [7, 11) is 0. The van der Waals surface area contributed by atoms with E-state index in [9.17, 15) is 0 Å². The lowest BCUT2D eigenvalue weighted by atomic mass is 9.83. The summed E-state index contributed by atoms with van der Waals surface area (Å²) in [5, 5.41) is 0. The van der Waals surface area contributed by atoms with Crippen LogP contribution in [0.3, 0.4) is 0 Å². The first-order valence-electron chi connectivity index (χ1n) is 10.2. The van der Waals surface area contributed by atoms with E-state index in [4.69, 9.17) is 5.73 Å². The van der Waals surface area contributed by atoms with Crippen LogP contribution in [0.2, 0.25) is 0 Å². The molecule has 0 bridgehead atoms. The standard InChI is InChI=1S/C20H31N.C3H8/c1-4-9-17-12-13-20(21)19(18(17)5-2)14-15(3)16-10-7-6-8-11-16;1-3-2/h12-14,16H,4-11,21H2,1-3H3;3H2,1-2H3/b15-14+;. The Bertz CT molecular complexity index is 507. The van der Waals surface area contributed by atoms with E-state index in [-0.39, 0.29) is 0 Å². The summed E-state index contributed by atoms with van der Waals surface area (Å²) in [6.07, 6.45) is 14.0. The Morgan fingerprint density at radius 1 is 1.08 bits per heavy atom. The highest BCUT2D eigenvalue weighted by molar-refractivity contribution is 5.70. The van der Waals surface area contributed by atoms with Crippen molar-refractivity contribution in [2.75, 3.05) is 5.73 Å². The van der Waals surface area contributed by atoms with Gasteiger partial charge >= 0.3 is 0 Å². The molecule has 0 spiro atoms. The number of allylic oxidation sites excluding steroid dienone is 1. The van der Waals surface area contributed by atoms with Gasteiger partial charge in [-0.25, -0.2) is 0 Å². The molecule has 136 valence electrons. The van der Waals surface area contributed by atoms with Crippen molar-refractivity contribution in [2.45, 2.75) is 92.4 Å². The van der Waals surface area contributed by atoms with Crippen LogP contribution in [0.15, 0.2) is 17.7 Å². The zero-order valence-corrected chi connectivity index (χ0v) is 16.8. The van der Waals surface area contributed by atoms with E-state index < -0.39 is 0 Å². The maximum absolute atomic E-state index is 6.30. The van der Waals surface area contributed by atoms with Gasteiger partial charge in [0.2, 0.25) is 0 Å². The third-order valence-corrected chi connectivity index (χ3v) is 4.98. The molecule has 1 aromatic carbocycles. The van der Waals surface area contributed by atoms with Crippen molar-refractivity contribution in [1.29, 1.82) is 0 Å². The molecule has 0 aliphatic heterocycles. The zero-order valence-electron chi connectivity index (χ0n) is 16.8. The number of nitrogens with two attached hydrogens (primary N) is 1. The number of anilines is 1. The first-order chi connectivity index (χ1) is 11.6. The van der Waals surface area contributed by atoms with Crippen LogP contribution in [0.4, 0.5) is 5.69 Å². The molecule has 0 atom stereocenters. The monoisotopic (exact) mass is 329 g/mol. The van der Waals surface area contributed by atoms with E-state index in [0.29, 0.717) is 0 Å². The summed E-state index contributed by atoms with van der Waals surface area (Å²) in [5.41, 5.74) is 13.0. The summed E-state index contributed by atoms with van der Waals surface area (Å²) in [5.74, 6) is 0.776. The lowest BCUT2D eigenvalue weighted by Crippen LogP contribution is -2.08. The number of aryl methyl sites for hydroxylation is 1. The van der Waals surface area contributed by atoms with Crippen LogP contribution >= 0.6 is 0 Å². The number of nitrogen functional groups attached to an aromatic ring is 1. The Morgan fingerprint density at radius 2 is 1.71 bits per heavy atom. The Balaban J connectivity index is 0.000000891. The van der Waals surface area contributed by atoms with Crippen LogP contribution in [0.25, 0.3) is 6.08 Å². The zero-order chi connectivity index (χ0) is 17.9. The van der Waals surface area contributed by atoms with Crippen LogP contribution in [0.5, 0.6) is 0 Å². The minimum absolute atomic E-state index is 0.776. The molecule has 24 heavy (non-hydrogen) atoms. The molecule has 1 aliphatic carbocycles. The van der Waals surface area contributed by atoms with Gasteiger partial charge in [0.15, 0.2) is 0 Å². The minimum Gasteiger partial charge on any atom is -0.398 e. The molecule has 1 aromatic rings. The molecule has 1 heteroatoms. The molecule has 1 saturated carbocycles. The summed E-state index contributed by atoms with van der Waals surface area (Å²) in [4.78, 5) is 0. The molecule has 0 aromatic heterocycles. The van der Waals surface area contributed by atoms with Gasteiger partial charge in [0.1, 0.15) is 0 Å². The van der Waals surface area contributed by atoms with Crippen molar-refractivity contribution in [1.82, 2.24) is 0 Å². The van der Waals surface area contributed by atoms with E-state index in [1.807, 2.05) is 0 Å². The SMILES string of the molecule is CCC.CCCc1ccc(N)c(/C=C(\C)C2CCCCC2)c1CC. The molecule has 0 unspecified atom stereocenters. The summed E-state index contributed by atoms with van der Waals surface area (Å²) < 4.78 is 0. The van der Waals surface area contributed by atoms with Gasteiger partial charge in [-0.05, 0) is 55.7 Å². The number of rotatable bonds is 5. The van der Waals surface area contributed by atoms with Gasteiger partial charge < -0.3 is 5.73 Å². The molecule has 0 heterocycles. The fourth-order valence-corrected chi connectivity index (χ4v) is 3.72. The average molecular weight is 330 g/mol. The molecule has 0 radical (unpaired) electrons. The summed E-state index contributed by atoms with van der Waals surface area (Å²) in [6.45, 7) is 11.1. The second-order valence-corrected chi connectivity index (χ2v) is 7.24. The molecule has 0 amide bonds. The third-order valence-electron chi connectivity index (χ3n) is 4.98. The molecule has 2 N–H and O–H groups in total. The number of hydrogen-bond acceptors (Lipinski definition) is 1. The minimum atomic E-state index is 0.776. The second kappa shape index (κ2) is 11.3. The molecule has 1 aliphatic rings. The van der Waals surface area contributed by atoms with E-state index in [1.165, 1.54) is 67.2 Å². The fourth-order valence-electron chi connectivity index (χ4n) is 3.72. The Kier molecular flexibility index (Phi) is 9.83. The molecule has 2 rings (SSSR count). The number of hydrogen-bond donors (Lipinski definition) is 1. The molecular weight excluding hydrogens is 290 g/mol. The Labute approximate surface area is 150 Å². The van der Waals surface area contributed by atoms with Gasteiger partial charge in [-0.15, -0.1) is 0 Å². The van der Waals surface area contributed by atoms with Gasteiger partial charge in [0.05, 0.1) is 0 Å². The van der Waals surface area contributed by atoms with E-state index >= 15 is 0 Å². The van der Waals surface area contributed by atoms with E-state index in [0.717, 1.165) is 24.4 Å². The van der Waals surface area contributed by atoms with Crippen molar-refractivity contribution in [3.63, 3.8) is 0 Å². The number of benzene rings is 1. The first-order valence-corrected chi connectivity index (χ1v) is 10.2. The van der Waals surface area contributed by atoms with Crippen molar-refractivity contribution < 1.29 is 0 Å². The van der Waals surface area contributed by atoms with Gasteiger partial charge in [0, 0.05) is 11.3 Å². The predicted octanol–water partition coefficient (Wildman–Crippen LogP) is 7.18. The van der Waals surface area contributed by atoms with Crippen molar-refractivity contribution >= 4 is 11.8 Å². The quantitative estimate of drug-likeness (QED) is 0.569. The Hall–Kier alpha value is -1.24. The normalized spacial score (nSPS) is 15.8. The maximum Gasteiger partial charge on any atom is 0.0390 e. The summed E-state index contributed by atoms with van der Waals surface area (Å²) in [6, 6.07) is 4.33. The van der Waals surface area contributed by atoms with Crippen LogP contribution in [-0.4, -0.2) is 0 Å². The lowest BCUT2D eigenvalue weighted by molar-refractivity contribution is 0.404. The highest BCUT2D eigenvalue weighted by Crippen LogP contribution is 2.33. The molecule has 1 nitrogen and oxygen atoms in total. The van der Waals surface area contributed by atoms with Gasteiger partial charge in [-0.2, -0.15) is 0 Å². The largest absolute Gasteiger partial charge is 0.398 e. The van der Waals surface area contributed by atoms with Gasteiger partial charge in [-0.3, -0.25) is 0 Å². The van der Waals surface area contributed by atoms with Crippen molar-refractivity contribution in [3.05, 3.63) is 34.4 Å². The van der Waals surface area contributed by atoms with Gasteiger partial charge in [0.25, 0.3) is 0 Å². The first kappa shape index (κ1) is 20.8. The van der Waals surface area contributed by atoms with Crippen LogP contribution in [0.1, 0.15) is 96.3 Å². The fraction of sp³-hybridized carbons (Fsp3) is 0.652. The molecule has 1 fully saturated rings. The maximum atomic E-state index is 6.30. The molecular formula is C23H39N. The van der Waals surface area contributed by atoms with Crippen molar-refractivity contribution in [2.24, 2.45) is 5.92 Å². The van der Waals surface area contributed by atoms with E-state index in [1.54, 1.807) is 0 Å². The smallest absolute Gasteiger partial charge is 0.0390 e. The van der Waals surface area contributed by atoms with Crippen molar-refractivity contribution in [3.8, 4) is 0 Å². The van der Waals surface area contributed by atoms with Crippen LogP contribution < -0.4 is 5.73 Å². The van der Waals surface area contributed by atoms with Crippen LogP contribution in [-0.2, 0) is 12.8 Å². The molecule has 0 saturated heterocycles. The third kappa shape index (κ3) is 6.00. The topological polar surface area (TPSA) is 26.0 Å². The highest BCUT2D eigenvalue weighted by atomic mass is 14.6. The second-order valence-electron chi connectivity index (χ2n) is 7.24. The lowest BCUT2D eigenvalue weighted by Gasteiger charge is -2.23.